The molecule has 0 N–H and O–H groups in total. The van der Waals surface area contributed by atoms with E-state index in [9.17, 15) is 4.79 Å². The van der Waals surface area contributed by atoms with E-state index < -0.39 is 5.97 Å². The number of nitrogens with zero attached hydrogens (tertiary/aromatic N) is 1. The van der Waals surface area contributed by atoms with Crippen LogP contribution < -0.4 is 9.47 Å². The van der Waals surface area contributed by atoms with Gasteiger partial charge in [-0.15, -0.1) is 0 Å². The van der Waals surface area contributed by atoms with E-state index in [2.05, 4.69) is 31.0 Å². The van der Waals surface area contributed by atoms with Crippen molar-refractivity contribution in [1.82, 2.24) is 0 Å². The van der Waals surface area contributed by atoms with Crippen LogP contribution in [-0.4, -0.2) is 19.3 Å². The molecule has 0 heterocycles. The Labute approximate surface area is 171 Å². The molecule has 0 amide bonds. The summed E-state index contributed by atoms with van der Waals surface area (Å²) in [5.74, 6) is 0.802. The zero-order valence-electron chi connectivity index (χ0n) is 16.8. The Kier molecular flexibility index (Phi) is 6.59. The number of ether oxygens (including phenoxy) is 2. The Balaban J connectivity index is 1.57. The second-order valence-corrected chi connectivity index (χ2v) is 6.62. The number of carbonyl (C=O) groups excluding carboxylic acids is 1. The zero-order chi connectivity index (χ0) is 20.6. The highest BCUT2D eigenvalue weighted by Gasteiger charge is 2.01. The fourth-order valence-corrected chi connectivity index (χ4v) is 2.62. The summed E-state index contributed by atoms with van der Waals surface area (Å²) in [5.41, 5.74) is 5.22. The van der Waals surface area contributed by atoms with Crippen LogP contribution in [0.25, 0.3) is 6.08 Å². The minimum Gasteiger partial charge on any atom is -0.497 e. The molecule has 0 saturated carbocycles. The highest BCUT2D eigenvalue weighted by Crippen LogP contribution is 2.19. The first-order valence-electron chi connectivity index (χ1n) is 9.29. The molecule has 146 valence electrons. The van der Waals surface area contributed by atoms with Crippen molar-refractivity contribution in [3.05, 3.63) is 95.1 Å². The van der Waals surface area contributed by atoms with Crippen molar-refractivity contribution in [2.24, 2.45) is 4.99 Å². The largest absolute Gasteiger partial charge is 0.497 e. The minimum absolute atomic E-state index is 0.438. The maximum Gasteiger partial charge on any atom is 0.336 e. The average molecular weight is 385 g/mol. The van der Waals surface area contributed by atoms with Crippen molar-refractivity contribution in [3.8, 4) is 11.5 Å². The molecule has 0 bridgehead atoms. The first kappa shape index (κ1) is 20.1. The quantitative estimate of drug-likeness (QED) is 0.237. The number of benzene rings is 3. The number of aryl methyl sites for hydroxylation is 2. The molecule has 0 aliphatic rings. The monoisotopic (exact) mass is 385 g/mol. The lowest BCUT2D eigenvalue weighted by atomic mass is 10.1. The van der Waals surface area contributed by atoms with Gasteiger partial charge in [-0.05, 0) is 78.6 Å². The molecule has 0 aliphatic carbocycles. The fourth-order valence-electron chi connectivity index (χ4n) is 2.62. The van der Waals surface area contributed by atoms with Crippen LogP contribution in [0, 0.1) is 13.8 Å². The standard InChI is InChI=1S/C25H23NO3/c1-18-4-5-21(16-19(18)2)17-26-22-9-13-24(14-10-22)29-25(27)15-8-20-6-11-23(28-3)12-7-20/h4-17H,1-3H3/b15-8+,26-17?. The van der Waals surface area contributed by atoms with Crippen molar-refractivity contribution < 1.29 is 14.3 Å². The first-order chi connectivity index (χ1) is 14.0. The van der Waals surface area contributed by atoms with E-state index in [1.807, 2.05) is 48.7 Å². The predicted molar refractivity (Wildman–Crippen MR) is 117 cm³/mol. The SMILES string of the molecule is COc1ccc(/C=C/C(=O)Oc2ccc(N=Cc3ccc(C)c(C)c3)cc2)cc1. The van der Waals surface area contributed by atoms with Gasteiger partial charge in [0.2, 0.25) is 0 Å². The smallest absolute Gasteiger partial charge is 0.336 e. The van der Waals surface area contributed by atoms with E-state index in [-0.39, 0.29) is 0 Å². The lowest BCUT2D eigenvalue weighted by Crippen LogP contribution is -2.03. The molecule has 0 spiro atoms. The van der Waals surface area contributed by atoms with Gasteiger partial charge in [0, 0.05) is 12.3 Å². The summed E-state index contributed by atoms with van der Waals surface area (Å²) >= 11 is 0. The van der Waals surface area contributed by atoms with Gasteiger partial charge < -0.3 is 9.47 Å². The van der Waals surface area contributed by atoms with E-state index in [1.165, 1.54) is 17.2 Å². The molecule has 29 heavy (non-hydrogen) atoms. The van der Waals surface area contributed by atoms with Crippen LogP contribution in [0.15, 0.2) is 77.8 Å². The maximum atomic E-state index is 12.0. The molecule has 0 aliphatic heterocycles. The Morgan fingerprint density at radius 3 is 2.14 bits per heavy atom. The normalized spacial score (nSPS) is 11.1. The number of carbonyl (C=O) groups is 1. The Bertz CT molecular complexity index is 1030. The summed E-state index contributed by atoms with van der Waals surface area (Å²) in [6.45, 7) is 4.17. The van der Waals surface area contributed by atoms with Crippen molar-refractivity contribution >= 4 is 23.9 Å². The summed E-state index contributed by atoms with van der Waals surface area (Å²) in [6.07, 6.45) is 4.92. The molecular weight excluding hydrogens is 362 g/mol. The van der Waals surface area contributed by atoms with Gasteiger partial charge in [-0.1, -0.05) is 30.3 Å². The molecule has 0 radical (unpaired) electrons. The molecule has 0 aromatic heterocycles. The molecule has 3 rings (SSSR count). The van der Waals surface area contributed by atoms with Gasteiger partial charge in [0.05, 0.1) is 12.8 Å². The number of hydrogen-bond donors (Lipinski definition) is 0. The Hall–Kier alpha value is -3.66. The molecule has 4 heteroatoms. The maximum absolute atomic E-state index is 12.0. The van der Waals surface area contributed by atoms with E-state index in [4.69, 9.17) is 9.47 Å². The van der Waals surface area contributed by atoms with Crippen molar-refractivity contribution in [2.75, 3.05) is 7.11 Å². The number of rotatable bonds is 6. The van der Waals surface area contributed by atoms with E-state index >= 15 is 0 Å². The van der Waals surface area contributed by atoms with Crippen LogP contribution in [-0.2, 0) is 4.79 Å². The summed E-state index contributed by atoms with van der Waals surface area (Å²) < 4.78 is 10.4. The van der Waals surface area contributed by atoms with E-state index in [1.54, 1.807) is 25.3 Å². The number of methoxy groups -OCH3 is 1. The highest BCUT2D eigenvalue weighted by molar-refractivity contribution is 5.88. The van der Waals surface area contributed by atoms with Crippen molar-refractivity contribution in [2.45, 2.75) is 13.8 Å². The van der Waals surface area contributed by atoms with Gasteiger partial charge >= 0.3 is 5.97 Å². The molecule has 0 unspecified atom stereocenters. The molecule has 0 saturated heterocycles. The van der Waals surface area contributed by atoms with Gasteiger partial charge in [0.25, 0.3) is 0 Å². The third-order valence-corrected chi connectivity index (χ3v) is 4.48. The molecule has 4 nitrogen and oxygen atoms in total. The van der Waals surface area contributed by atoms with Gasteiger partial charge in [0.1, 0.15) is 11.5 Å². The molecule has 0 fully saturated rings. The molecule has 3 aromatic carbocycles. The second kappa shape index (κ2) is 9.51. The lowest BCUT2D eigenvalue weighted by molar-refractivity contribution is -0.128. The average Bonchev–Trinajstić information content (AvgIpc) is 2.74. The molecule has 0 atom stereocenters. The van der Waals surface area contributed by atoms with E-state index in [0.29, 0.717) is 5.75 Å². The van der Waals surface area contributed by atoms with Gasteiger partial charge in [-0.2, -0.15) is 0 Å². The third kappa shape index (κ3) is 5.91. The van der Waals surface area contributed by atoms with Crippen LogP contribution in [0.5, 0.6) is 11.5 Å². The van der Waals surface area contributed by atoms with Crippen LogP contribution in [0.1, 0.15) is 22.3 Å². The third-order valence-electron chi connectivity index (χ3n) is 4.48. The van der Waals surface area contributed by atoms with Crippen LogP contribution >= 0.6 is 0 Å². The van der Waals surface area contributed by atoms with E-state index in [0.717, 1.165) is 22.6 Å². The van der Waals surface area contributed by atoms with Crippen molar-refractivity contribution in [1.29, 1.82) is 0 Å². The fraction of sp³-hybridized carbons (Fsp3) is 0.120. The Morgan fingerprint density at radius 1 is 0.828 bits per heavy atom. The summed E-state index contributed by atoms with van der Waals surface area (Å²) in [4.78, 5) is 16.5. The highest BCUT2D eigenvalue weighted by atomic mass is 16.5. The van der Waals surface area contributed by atoms with Gasteiger partial charge in [-0.25, -0.2) is 4.79 Å². The predicted octanol–water partition coefficient (Wildman–Crippen LogP) is 5.68. The summed E-state index contributed by atoms with van der Waals surface area (Å²) in [6, 6.07) is 20.7. The topological polar surface area (TPSA) is 47.9 Å². The number of hydrogen-bond acceptors (Lipinski definition) is 4. The van der Waals surface area contributed by atoms with Crippen LogP contribution in [0.2, 0.25) is 0 Å². The second-order valence-electron chi connectivity index (χ2n) is 6.62. The molecular formula is C25H23NO3. The van der Waals surface area contributed by atoms with Crippen molar-refractivity contribution in [3.63, 3.8) is 0 Å². The van der Waals surface area contributed by atoms with Crippen LogP contribution in [0.3, 0.4) is 0 Å². The number of aliphatic imine (C=N–C) groups is 1. The zero-order valence-corrected chi connectivity index (χ0v) is 16.8. The number of esters is 1. The lowest BCUT2D eigenvalue weighted by Gasteiger charge is -2.03. The summed E-state index contributed by atoms with van der Waals surface area (Å²) in [5, 5.41) is 0. The molecule has 3 aromatic rings. The van der Waals surface area contributed by atoms with Crippen LogP contribution in [0.4, 0.5) is 5.69 Å². The van der Waals surface area contributed by atoms with Gasteiger partial charge in [-0.3, -0.25) is 4.99 Å². The Morgan fingerprint density at radius 2 is 1.48 bits per heavy atom. The first-order valence-corrected chi connectivity index (χ1v) is 9.29. The summed E-state index contributed by atoms with van der Waals surface area (Å²) in [7, 11) is 1.61. The van der Waals surface area contributed by atoms with Gasteiger partial charge in [0.15, 0.2) is 0 Å². The minimum atomic E-state index is -0.438.